The number of aryl methyl sites for hydroxylation is 1. The Bertz CT molecular complexity index is 467. The fraction of sp³-hybridized carbons (Fsp3) is 0.733. The lowest BCUT2D eigenvalue weighted by Crippen LogP contribution is -2.50. The summed E-state index contributed by atoms with van der Waals surface area (Å²) in [6.07, 6.45) is 1.21. The fourth-order valence-corrected chi connectivity index (χ4v) is 3.42. The highest BCUT2D eigenvalue weighted by atomic mass is 32.1. The number of hydrogen-bond acceptors (Lipinski definition) is 5. The number of nitrogens with zero attached hydrogens (tertiary/aromatic N) is 3. The van der Waals surface area contributed by atoms with Crippen molar-refractivity contribution in [3.63, 3.8) is 0 Å². The molecule has 1 aliphatic heterocycles. The van der Waals surface area contributed by atoms with E-state index < -0.39 is 0 Å². The predicted octanol–water partition coefficient (Wildman–Crippen LogP) is 1.56. The van der Waals surface area contributed by atoms with Crippen molar-refractivity contribution in [2.75, 3.05) is 33.2 Å². The fourth-order valence-electron chi connectivity index (χ4n) is 2.65. The monoisotopic (exact) mass is 311 g/mol. The Labute approximate surface area is 130 Å². The number of thiazole rings is 1. The van der Waals surface area contributed by atoms with Gasteiger partial charge in [-0.05, 0) is 34.2 Å². The van der Waals surface area contributed by atoms with Crippen LogP contribution >= 0.6 is 11.3 Å². The first-order valence-electron chi connectivity index (χ1n) is 7.46. The number of morpholine rings is 1. The van der Waals surface area contributed by atoms with Crippen molar-refractivity contribution in [2.45, 2.75) is 39.4 Å². The van der Waals surface area contributed by atoms with Crippen LogP contribution in [-0.4, -0.2) is 66.1 Å². The van der Waals surface area contributed by atoms with Gasteiger partial charge in [0, 0.05) is 24.5 Å². The quantitative estimate of drug-likeness (QED) is 0.828. The third kappa shape index (κ3) is 4.76. The van der Waals surface area contributed by atoms with Gasteiger partial charge in [-0.3, -0.25) is 9.69 Å². The Morgan fingerprint density at radius 3 is 2.71 bits per heavy atom. The smallest absolute Gasteiger partial charge is 0.236 e. The van der Waals surface area contributed by atoms with Gasteiger partial charge in [0.25, 0.3) is 0 Å². The van der Waals surface area contributed by atoms with Gasteiger partial charge in [0.05, 0.1) is 30.0 Å². The van der Waals surface area contributed by atoms with Crippen molar-refractivity contribution < 1.29 is 9.53 Å². The predicted molar refractivity (Wildman–Crippen MR) is 84.6 cm³/mol. The van der Waals surface area contributed by atoms with Crippen LogP contribution in [-0.2, 0) is 16.0 Å². The lowest BCUT2D eigenvalue weighted by molar-refractivity contribution is -0.144. The summed E-state index contributed by atoms with van der Waals surface area (Å²) in [7, 11) is 2.00. The maximum atomic E-state index is 12.3. The highest BCUT2D eigenvalue weighted by Gasteiger charge is 2.26. The molecule has 0 radical (unpaired) electrons. The molecule has 2 heterocycles. The summed E-state index contributed by atoms with van der Waals surface area (Å²) in [5, 5.41) is 0. The highest BCUT2D eigenvalue weighted by molar-refractivity contribution is 7.09. The molecule has 0 saturated carbocycles. The molecule has 1 aliphatic rings. The number of carbonyl (C=O) groups excluding carboxylic acids is 1. The second-order valence-corrected chi connectivity index (χ2v) is 6.84. The number of aromatic nitrogens is 1. The minimum atomic E-state index is 0.128. The van der Waals surface area contributed by atoms with E-state index >= 15 is 0 Å². The molecule has 21 heavy (non-hydrogen) atoms. The standard InChI is InChI=1S/C15H25N3O2S/c1-11-7-18(8-12(2)20-11)15(19)9-17(4)6-5-14-13(3)16-10-21-14/h10-12H,5-9H2,1-4H3/t11-,12+. The lowest BCUT2D eigenvalue weighted by Gasteiger charge is -2.36. The van der Waals surface area contributed by atoms with Crippen LogP contribution in [0.1, 0.15) is 24.4 Å². The van der Waals surface area contributed by atoms with Crippen molar-refractivity contribution in [1.29, 1.82) is 0 Å². The third-order valence-electron chi connectivity index (χ3n) is 3.74. The third-order valence-corrected chi connectivity index (χ3v) is 4.74. The van der Waals surface area contributed by atoms with E-state index in [1.165, 1.54) is 4.88 Å². The van der Waals surface area contributed by atoms with Crippen molar-refractivity contribution >= 4 is 17.2 Å². The second-order valence-electron chi connectivity index (χ2n) is 5.90. The minimum Gasteiger partial charge on any atom is -0.372 e. The molecular weight excluding hydrogens is 286 g/mol. The molecule has 0 aromatic carbocycles. The Balaban J connectivity index is 1.78. The largest absolute Gasteiger partial charge is 0.372 e. The normalized spacial score (nSPS) is 22.8. The van der Waals surface area contributed by atoms with Gasteiger partial charge < -0.3 is 9.64 Å². The molecule has 0 bridgehead atoms. The zero-order chi connectivity index (χ0) is 15.4. The molecule has 1 amide bonds. The molecule has 1 saturated heterocycles. The first-order valence-corrected chi connectivity index (χ1v) is 8.34. The summed E-state index contributed by atoms with van der Waals surface area (Å²) in [6.45, 7) is 8.82. The van der Waals surface area contributed by atoms with E-state index in [0.717, 1.165) is 18.7 Å². The molecule has 0 aliphatic carbocycles. The molecule has 2 atom stereocenters. The topological polar surface area (TPSA) is 45.7 Å². The van der Waals surface area contributed by atoms with Crippen LogP contribution < -0.4 is 0 Å². The van der Waals surface area contributed by atoms with Crippen molar-refractivity contribution in [3.05, 3.63) is 16.1 Å². The number of amides is 1. The van der Waals surface area contributed by atoms with Crippen molar-refractivity contribution in [2.24, 2.45) is 0 Å². The van der Waals surface area contributed by atoms with Gasteiger partial charge in [0.15, 0.2) is 0 Å². The van der Waals surface area contributed by atoms with Gasteiger partial charge in [-0.15, -0.1) is 11.3 Å². The van der Waals surface area contributed by atoms with E-state index in [1.807, 2.05) is 38.2 Å². The summed E-state index contributed by atoms with van der Waals surface area (Å²) >= 11 is 1.69. The van der Waals surface area contributed by atoms with Crippen LogP contribution in [0.25, 0.3) is 0 Å². The summed E-state index contributed by atoms with van der Waals surface area (Å²) in [5.74, 6) is 0.195. The average Bonchev–Trinajstić information content (AvgIpc) is 2.80. The first-order chi connectivity index (χ1) is 9.95. The number of ether oxygens (including phenoxy) is 1. The molecule has 1 aromatic rings. The molecule has 5 nitrogen and oxygen atoms in total. The summed E-state index contributed by atoms with van der Waals surface area (Å²) < 4.78 is 5.67. The van der Waals surface area contributed by atoms with Crippen LogP contribution in [0.4, 0.5) is 0 Å². The van der Waals surface area contributed by atoms with Gasteiger partial charge >= 0.3 is 0 Å². The highest BCUT2D eigenvalue weighted by Crippen LogP contribution is 2.14. The zero-order valence-electron chi connectivity index (χ0n) is 13.3. The van der Waals surface area contributed by atoms with E-state index in [4.69, 9.17) is 4.74 Å². The number of carbonyl (C=O) groups is 1. The number of hydrogen-bond donors (Lipinski definition) is 0. The Hall–Kier alpha value is -0.980. The molecule has 2 rings (SSSR count). The van der Waals surface area contributed by atoms with Crippen molar-refractivity contribution in [3.8, 4) is 0 Å². The van der Waals surface area contributed by atoms with Crippen LogP contribution in [0, 0.1) is 6.92 Å². The second kappa shape index (κ2) is 7.33. The summed E-state index contributed by atoms with van der Waals surface area (Å²) in [5.41, 5.74) is 2.99. The Kier molecular flexibility index (Phi) is 5.72. The van der Waals surface area contributed by atoms with Gasteiger partial charge in [-0.2, -0.15) is 0 Å². The van der Waals surface area contributed by atoms with E-state index in [2.05, 4.69) is 9.88 Å². The zero-order valence-corrected chi connectivity index (χ0v) is 14.2. The summed E-state index contributed by atoms with van der Waals surface area (Å²) in [6, 6.07) is 0. The van der Waals surface area contributed by atoms with Crippen molar-refractivity contribution in [1.82, 2.24) is 14.8 Å². The van der Waals surface area contributed by atoms with Crippen LogP contribution in [0.15, 0.2) is 5.51 Å². The van der Waals surface area contributed by atoms with Gasteiger partial charge in [-0.25, -0.2) is 4.98 Å². The average molecular weight is 311 g/mol. The maximum absolute atomic E-state index is 12.3. The SMILES string of the molecule is Cc1ncsc1CCN(C)CC(=O)N1C[C@@H](C)O[C@@H](C)C1. The Morgan fingerprint density at radius 2 is 2.14 bits per heavy atom. The minimum absolute atomic E-state index is 0.128. The van der Waals surface area contributed by atoms with Gasteiger partial charge in [0.1, 0.15) is 0 Å². The number of likely N-dealkylation sites (N-methyl/N-ethyl adjacent to an activating group) is 1. The molecule has 1 fully saturated rings. The van der Waals surface area contributed by atoms with Crippen LogP contribution in [0.3, 0.4) is 0 Å². The Morgan fingerprint density at radius 1 is 1.48 bits per heavy atom. The van der Waals surface area contributed by atoms with Gasteiger partial charge in [-0.1, -0.05) is 0 Å². The molecule has 0 N–H and O–H groups in total. The van der Waals surface area contributed by atoms with E-state index in [-0.39, 0.29) is 18.1 Å². The van der Waals surface area contributed by atoms with E-state index in [0.29, 0.717) is 19.6 Å². The van der Waals surface area contributed by atoms with Crippen LogP contribution in [0.2, 0.25) is 0 Å². The van der Waals surface area contributed by atoms with E-state index in [1.54, 1.807) is 11.3 Å². The molecule has 1 aromatic heterocycles. The molecule has 118 valence electrons. The van der Waals surface area contributed by atoms with Gasteiger partial charge in [0.2, 0.25) is 5.91 Å². The number of rotatable bonds is 5. The molecule has 6 heteroatoms. The van der Waals surface area contributed by atoms with E-state index in [9.17, 15) is 4.79 Å². The molecule has 0 unspecified atom stereocenters. The molecular formula is C15H25N3O2S. The maximum Gasteiger partial charge on any atom is 0.236 e. The molecule has 0 spiro atoms. The first kappa shape index (κ1) is 16.4. The van der Waals surface area contributed by atoms with Crippen LogP contribution in [0.5, 0.6) is 0 Å². The summed E-state index contributed by atoms with van der Waals surface area (Å²) in [4.78, 5) is 21.9. The lowest BCUT2D eigenvalue weighted by atomic mass is 10.2.